The molecule has 2 rings (SSSR count). The van der Waals surface area contributed by atoms with Crippen molar-refractivity contribution in [3.05, 3.63) is 47.7 Å². The summed E-state index contributed by atoms with van der Waals surface area (Å²) in [6.45, 7) is 6.17. The van der Waals surface area contributed by atoms with Crippen molar-refractivity contribution in [3.63, 3.8) is 0 Å². The Morgan fingerprint density at radius 3 is 2.30 bits per heavy atom. The minimum atomic E-state index is -0.882. The molecule has 0 unspecified atom stereocenters. The average molecular weight is 271 g/mol. The van der Waals surface area contributed by atoms with E-state index in [1.54, 1.807) is 6.07 Å². The van der Waals surface area contributed by atoms with Crippen molar-refractivity contribution >= 4 is 5.97 Å². The molecular weight excluding hydrogens is 250 g/mol. The SMILES string of the molecule is CCCc1ccc(-c2ccc(C(=O)O)n2C(C)C)cc1. The lowest BCUT2D eigenvalue weighted by atomic mass is 10.1. The van der Waals surface area contributed by atoms with Gasteiger partial charge in [-0.1, -0.05) is 37.6 Å². The van der Waals surface area contributed by atoms with Crippen LogP contribution in [0, 0.1) is 0 Å². The summed E-state index contributed by atoms with van der Waals surface area (Å²) in [5, 5.41) is 9.27. The molecule has 0 aliphatic carbocycles. The van der Waals surface area contributed by atoms with Crippen molar-refractivity contribution in [1.82, 2.24) is 4.57 Å². The third-order valence-electron chi connectivity index (χ3n) is 3.44. The van der Waals surface area contributed by atoms with E-state index in [2.05, 4.69) is 31.2 Å². The van der Waals surface area contributed by atoms with Crippen LogP contribution in [0.25, 0.3) is 11.3 Å². The fraction of sp³-hybridized carbons (Fsp3) is 0.353. The van der Waals surface area contributed by atoms with E-state index >= 15 is 0 Å². The van der Waals surface area contributed by atoms with Crippen LogP contribution in [0.5, 0.6) is 0 Å². The highest BCUT2D eigenvalue weighted by atomic mass is 16.4. The van der Waals surface area contributed by atoms with Gasteiger partial charge in [0.2, 0.25) is 0 Å². The van der Waals surface area contributed by atoms with Gasteiger partial charge >= 0.3 is 5.97 Å². The smallest absolute Gasteiger partial charge is 0.352 e. The number of carbonyl (C=O) groups is 1. The average Bonchev–Trinajstić information content (AvgIpc) is 2.85. The number of carboxylic acids is 1. The van der Waals surface area contributed by atoms with Gasteiger partial charge in [0.05, 0.1) is 0 Å². The molecule has 106 valence electrons. The van der Waals surface area contributed by atoms with Crippen LogP contribution in [0.1, 0.15) is 49.3 Å². The van der Waals surface area contributed by atoms with Crippen LogP contribution >= 0.6 is 0 Å². The molecule has 0 radical (unpaired) electrons. The van der Waals surface area contributed by atoms with Crippen LogP contribution < -0.4 is 0 Å². The van der Waals surface area contributed by atoms with Gasteiger partial charge in [-0.05, 0) is 43.5 Å². The first-order valence-corrected chi connectivity index (χ1v) is 7.08. The Hall–Kier alpha value is -2.03. The van der Waals surface area contributed by atoms with E-state index in [4.69, 9.17) is 0 Å². The minimum Gasteiger partial charge on any atom is -0.477 e. The van der Waals surface area contributed by atoms with Gasteiger partial charge in [0.1, 0.15) is 5.69 Å². The largest absolute Gasteiger partial charge is 0.477 e. The summed E-state index contributed by atoms with van der Waals surface area (Å²) in [5.74, 6) is -0.882. The van der Waals surface area contributed by atoms with Gasteiger partial charge in [0, 0.05) is 11.7 Å². The van der Waals surface area contributed by atoms with Crippen molar-refractivity contribution in [3.8, 4) is 11.3 Å². The lowest BCUT2D eigenvalue weighted by Gasteiger charge is -2.16. The first kappa shape index (κ1) is 14.4. The van der Waals surface area contributed by atoms with Gasteiger partial charge in [0.25, 0.3) is 0 Å². The van der Waals surface area contributed by atoms with Crippen LogP contribution in [0.15, 0.2) is 36.4 Å². The van der Waals surface area contributed by atoms with E-state index in [9.17, 15) is 9.90 Å². The fourth-order valence-electron chi connectivity index (χ4n) is 2.55. The van der Waals surface area contributed by atoms with Gasteiger partial charge in [-0.2, -0.15) is 0 Å². The van der Waals surface area contributed by atoms with Crippen molar-refractivity contribution in [1.29, 1.82) is 0 Å². The van der Waals surface area contributed by atoms with Crippen LogP contribution in [-0.2, 0) is 6.42 Å². The van der Waals surface area contributed by atoms with E-state index in [-0.39, 0.29) is 6.04 Å². The summed E-state index contributed by atoms with van der Waals surface area (Å²) in [7, 11) is 0. The summed E-state index contributed by atoms with van der Waals surface area (Å²) in [6.07, 6.45) is 2.21. The zero-order valence-electron chi connectivity index (χ0n) is 12.3. The van der Waals surface area contributed by atoms with E-state index in [0.717, 1.165) is 24.1 Å². The normalized spacial score (nSPS) is 11.0. The molecule has 20 heavy (non-hydrogen) atoms. The zero-order valence-corrected chi connectivity index (χ0v) is 12.3. The molecule has 0 bridgehead atoms. The van der Waals surface area contributed by atoms with Crippen LogP contribution in [0.2, 0.25) is 0 Å². The molecule has 0 amide bonds. The molecule has 2 aromatic rings. The Bertz CT molecular complexity index is 594. The maximum absolute atomic E-state index is 11.3. The number of hydrogen-bond donors (Lipinski definition) is 1. The van der Waals surface area contributed by atoms with Crippen molar-refractivity contribution in [2.24, 2.45) is 0 Å². The van der Waals surface area contributed by atoms with E-state index < -0.39 is 5.97 Å². The lowest BCUT2D eigenvalue weighted by Crippen LogP contribution is -2.11. The third-order valence-corrected chi connectivity index (χ3v) is 3.44. The minimum absolute atomic E-state index is 0.112. The van der Waals surface area contributed by atoms with Gasteiger partial charge in [0.15, 0.2) is 0 Å². The first-order chi connectivity index (χ1) is 9.54. The molecule has 3 nitrogen and oxygen atoms in total. The molecule has 0 fully saturated rings. The molecule has 0 atom stereocenters. The highest BCUT2D eigenvalue weighted by Gasteiger charge is 2.17. The quantitative estimate of drug-likeness (QED) is 0.876. The Kier molecular flexibility index (Phi) is 4.28. The highest BCUT2D eigenvalue weighted by molar-refractivity contribution is 5.87. The van der Waals surface area contributed by atoms with Crippen LogP contribution in [-0.4, -0.2) is 15.6 Å². The molecule has 0 aliphatic heterocycles. The predicted octanol–water partition coefficient (Wildman–Crippen LogP) is 4.39. The number of aromatic carboxylic acids is 1. The highest BCUT2D eigenvalue weighted by Crippen LogP contribution is 2.27. The number of nitrogens with zero attached hydrogens (tertiary/aromatic N) is 1. The molecule has 1 aromatic carbocycles. The number of benzene rings is 1. The summed E-state index contributed by atoms with van der Waals surface area (Å²) >= 11 is 0. The van der Waals surface area contributed by atoms with Gasteiger partial charge in [-0.15, -0.1) is 0 Å². The Morgan fingerprint density at radius 2 is 1.80 bits per heavy atom. The second-order valence-electron chi connectivity index (χ2n) is 5.32. The molecule has 0 saturated carbocycles. The van der Waals surface area contributed by atoms with Crippen molar-refractivity contribution in [2.45, 2.75) is 39.7 Å². The molecule has 1 aromatic heterocycles. The second kappa shape index (κ2) is 5.95. The van der Waals surface area contributed by atoms with E-state index in [0.29, 0.717) is 5.69 Å². The number of carboxylic acid groups (broad SMARTS) is 1. The first-order valence-electron chi connectivity index (χ1n) is 7.08. The number of hydrogen-bond acceptors (Lipinski definition) is 1. The summed E-state index contributed by atoms with van der Waals surface area (Å²) in [5.41, 5.74) is 3.68. The Labute approximate surface area is 119 Å². The lowest BCUT2D eigenvalue weighted by molar-refractivity contribution is 0.0683. The van der Waals surface area contributed by atoms with E-state index in [1.807, 2.05) is 24.5 Å². The topological polar surface area (TPSA) is 42.2 Å². The van der Waals surface area contributed by atoms with Crippen molar-refractivity contribution < 1.29 is 9.90 Å². The Morgan fingerprint density at radius 1 is 1.15 bits per heavy atom. The third kappa shape index (κ3) is 2.77. The maximum Gasteiger partial charge on any atom is 0.352 e. The fourth-order valence-corrected chi connectivity index (χ4v) is 2.55. The van der Waals surface area contributed by atoms with Crippen molar-refractivity contribution in [2.75, 3.05) is 0 Å². The molecule has 3 heteroatoms. The van der Waals surface area contributed by atoms with Gasteiger partial charge in [-0.3, -0.25) is 0 Å². The summed E-state index contributed by atoms with van der Waals surface area (Å²) < 4.78 is 1.87. The Balaban J connectivity index is 2.44. The number of aromatic nitrogens is 1. The molecular formula is C17H21NO2. The predicted molar refractivity (Wildman–Crippen MR) is 81.2 cm³/mol. The van der Waals surface area contributed by atoms with Gasteiger partial charge in [-0.25, -0.2) is 4.79 Å². The van der Waals surface area contributed by atoms with Crippen LogP contribution in [0.3, 0.4) is 0 Å². The molecule has 0 spiro atoms. The molecule has 0 aliphatic rings. The zero-order chi connectivity index (χ0) is 14.7. The molecule has 1 N–H and O–H groups in total. The number of rotatable bonds is 5. The second-order valence-corrected chi connectivity index (χ2v) is 5.32. The molecule has 1 heterocycles. The maximum atomic E-state index is 11.3. The summed E-state index contributed by atoms with van der Waals surface area (Å²) in [4.78, 5) is 11.3. The van der Waals surface area contributed by atoms with Gasteiger partial charge < -0.3 is 9.67 Å². The summed E-state index contributed by atoms with van der Waals surface area (Å²) in [6, 6.07) is 12.1. The monoisotopic (exact) mass is 271 g/mol. The van der Waals surface area contributed by atoms with Crippen LogP contribution in [0.4, 0.5) is 0 Å². The standard InChI is InChI=1S/C17H21NO2/c1-4-5-13-6-8-14(9-7-13)15-10-11-16(17(19)20)18(15)12(2)3/h6-12H,4-5H2,1-3H3,(H,19,20). The molecule has 0 saturated heterocycles. The number of aryl methyl sites for hydroxylation is 1. The van der Waals surface area contributed by atoms with E-state index in [1.165, 1.54) is 5.56 Å².